The first kappa shape index (κ1) is 13.9. The largest absolute Gasteiger partial charge is 0.313 e. The molecule has 1 unspecified atom stereocenters. The van der Waals surface area contributed by atoms with Crippen molar-refractivity contribution < 1.29 is 0 Å². The Hall–Kier alpha value is -0.150. The van der Waals surface area contributed by atoms with E-state index in [0.29, 0.717) is 16.8 Å². The van der Waals surface area contributed by atoms with Gasteiger partial charge in [0, 0.05) is 27.3 Å². The zero-order valence-corrected chi connectivity index (χ0v) is 11.7. The Bertz CT molecular complexity index is 366. The molecule has 1 aromatic carbocycles. The molecule has 0 aliphatic heterocycles. The van der Waals surface area contributed by atoms with Crippen LogP contribution >= 0.6 is 35.0 Å². The van der Waals surface area contributed by atoms with E-state index < -0.39 is 0 Å². The van der Waals surface area contributed by atoms with Gasteiger partial charge in [-0.05, 0) is 31.7 Å². The van der Waals surface area contributed by atoms with E-state index in [1.807, 2.05) is 7.05 Å². The smallest absolute Gasteiger partial charge is 0.0396 e. The summed E-state index contributed by atoms with van der Waals surface area (Å²) in [6.45, 7) is 2.13. The fourth-order valence-electron chi connectivity index (χ4n) is 1.22. The van der Waals surface area contributed by atoms with Gasteiger partial charge in [-0.2, -0.15) is 0 Å². The number of benzene rings is 1. The van der Waals surface area contributed by atoms with Crippen LogP contribution in [0.2, 0.25) is 0 Å². The van der Waals surface area contributed by atoms with E-state index in [1.165, 1.54) is 16.0 Å². The summed E-state index contributed by atoms with van der Waals surface area (Å²) >= 11 is 13.0. The third-order valence-electron chi connectivity index (χ3n) is 2.29. The van der Waals surface area contributed by atoms with E-state index in [-0.39, 0.29) is 0 Å². The van der Waals surface area contributed by atoms with Crippen molar-refractivity contribution in [1.29, 1.82) is 0 Å². The summed E-state index contributed by atoms with van der Waals surface area (Å²) in [6.07, 6.45) is 0. The van der Waals surface area contributed by atoms with Crippen LogP contribution < -0.4 is 5.32 Å². The van der Waals surface area contributed by atoms with E-state index in [0.717, 1.165) is 0 Å². The molecule has 0 saturated heterocycles. The maximum absolute atomic E-state index is 5.84. The number of hydrogen-bond donors (Lipinski definition) is 1. The van der Waals surface area contributed by atoms with E-state index >= 15 is 0 Å². The molecule has 0 saturated carbocycles. The molecule has 0 aliphatic carbocycles. The highest BCUT2D eigenvalue weighted by atomic mass is 35.5. The van der Waals surface area contributed by atoms with Crippen molar-refractivity contribution in [1.82, 2.24) is 5.32 Å². The number of hydrogen-bond acceptors (Lipinski definition) is 2. The molecule has 1 nitrogen and oxygen atoms in total. The van der Waals surface area contributed by atoms with E-state index in [1.54, 1.807) is 11.8 Å². The SMILES string of the molecule is CNC(C)c1cccc(SCC(Cl)=CCl)c1. The lowest BCUT2D eigenvalue weighted by molar-refractivity contribution is 0.651. The van der Waals surface area contributed by atoms with Gasteiger partial charge in [-0.1, -0.05) is 35.3 Å². The number of thioether (sulfide) groups is 1. The van der Waals surface area contributed by atoms with Gasteiger partial charge in [-0.3, -0.25) is 0 Å². The fourth-order valence-corrected chi connectivity index (χ4v) is 2.34. The summed E-state index contributed by atoms with van der Waals surface area (Å²) in [5, 5.41) is 3.88. The summed E-state index contributed by atoms with van der Waals surface area (Å²) < 4.78 is 0. The lowest BCUT2D eigenvalue weighted by atomic mass is 10.1. The summed E-state index contributed by atoms with van der Waals surface area (Å²) in [5.74, 6) is 0.711. The lowest BCUT2D eigenvalue weighted by Crippen LogP contribution is -2.11. The van der Waals surface area contributed by atoms with Gasteiger partial charge in [0.25, 0.3) is 0 Å². The standard InChI is InChI=1S/C12H15Cl2NS/c1-9(15-2)10-4-3-5-12(6-10)16-8-11(14)7-13/h3-7,9,15H,8H2,1-2H3. The number of halogens is 2. The third-order valence-corrected chi connectivity index (χ3v) is 4.11. The first-order valence-electron chi connectivity index (χ1n) is 5.02. The second-order valence-corrected chi connectivity index (χ2v) is 5.18. The molecule has 0 heterocycles. The van der Waals surface area contributed by atoms with Crippen molar-refractivity contribution in [2.24, 2.45) is 0 Å². The fraction of sp³-hybridized carbons (Fsp3) is 0.333. The summed E-state index contributed by atoms with van der Waals surface area (Å²) in [6, 6.07) is 8.78. The highest BCUT2D eigenvalue weighted by molar-refractivity contribution is 7.99. The molecular weight excluding hydrogens is 261 g/mol. The van der Waals surface area contributed by atoms with E-state index in [9.17, 15) is 0 Å². The monoisotopic (exact) mass is 275 g/mol. The van der Waals surface area contributed by atoms with Crippen LogP contribution in [-0.4, -0.2) is 12.8 Å². The molecule has 1 aromatic rings. The van der Waals surface area contributed by atoms with Gasteiger partial charge in [0.05, 0.1) is 0 Å². The van der Waals surface area contributed by atoms with Crippen molar-refractivity contribution >= 4 is 35.0 Å². The minimum Gasteiger partial charge on any atom is -0.313 e. The first-order valence-corrected chi connectivity index (χ1v) is 6.82. The van der Waals surface area contributed by atoms with Crippen molar-refractivity contribution in [2.75, 3.05) is 12.8 Å². The van der Waals surface area contributed by atoms with Gasteiger partial charge < -0.3 is 5.32 Å². The van der Waals surface area contributed by atoms with Gasteiger partial charge in [0.1, 0.15) is 0 Å². The quantitative estimate of drug-likeness (QED) is 0.801. The maximum Gasteiger partial charge on any atom is 0.0396 e. The van der Waals surface area contributed by atoms with E-state index in [4.69, 9.17) is 23.2 Å². The van der Waals surface area contributed by atoms with Crippen LogP contribution in [0.3, 0.4) is 0 Å². The van der Waals surface area contributed by atoms with Gasteiger partial charge >= 0.3 is 0 Å². The highest BCUT2D eigenvalue weighted by Gasteiger charge is 2.03. The second kappa shape index (κ2) is 7.23. The molecule has 4 heteroatoms. The van der Waals surface area contributed by atoms with Crippen molar-refractivity contribution in [3.05, 3.63) is 40.4 Å². The molecule has 1 atom stereocenters. The molecule has 0 amide bonds. The molecule has 0 spiro atoms. The van der Waals surface area contributed by atoms with Crippen LogP contribution in [-0.2, 0) is 0 Å². The molecular formula is C12H15Cl2NS. The van der Waals surface area contributed by atoms with Crippen LogP contribution in [0.5, 0.6) is 0 Å². The average Bonchev–Trinajstić information content (AvgIpc) is 2.35. The molecule has 0 bridgehead atoms. The average molecular weight is 276 g/mol. The Morgan fingerprint density at radius 1 is 1.56 bits per heavy atom. The summed E-state index contributed by atoms with van der Waals surface area (Å²) in [5.41, 5.74) is 2.69. The number of rotatable bonds is 5. The molecule has 88 valence electrons. The van der Waals surface area contributed by atoms with Crippen LogP contribution in [0.25, 0.3) is 0 Å². The first-order chi connectivity index (χ1) is 7.67. The normalized spacial score (nSPS) is 13.9. The van der Waals surface area contributed by atoms with Crippen LogP contribution in [0.1, 0.15) is 18.5 Å². The Labute approximate surface area is 111 Å². The van der Waals surface area contributed by atoms with Crippen LogP contribution in [0.4, 0.5) is 0 Å². The predicted molar refractivity (Wildman–Crippen MR) is 74.4 cm³/mol. The zero-order chi connectivity index (χ0) is 12.0. The summed E-state index contributed by atoms with van der Waals surface area (Å²) in [7, 11) is 1.96. The van der Waals surface area contributed by atoms with Crippen molar-refractivity contribution in [3.8, 4) is 0 Å². The molecule has 0 aliphatic rings. The van der Waals surface area contributed by atoms with E-state index in [2.05, 4.69) is 36.5 Å². The second-order valence-electron chi connectivity index (χ2n) is 3.43. The molecule has 16 heavy (non-hydrogen) atoms. The summed E-state index contributed by atoms with van der Waals surface area (Å²) in [4.78, 5) is 1.20. The highest BCUT2D eigenvalue weighted by Crippen LogP contribution is 2.25. The van der Waals surface area contributed by atoms with Gasteiger partial charge in [0.15, 0.2) is 0 Å². The van der Waals surface area contributed by atoms with Crippen LogP contribution in [0, 0.1) is 0 Å². The maximum atomic E-state index is 5.84. The van der Waals surface area contributed by atoms with Gasteiger partial charge in [0.2, 0.25) is 0 Å². The van der Waals surface area contributed by atoms with Gasteiger partial charge in [-0.25, -0.2) is 0 Å². The Morgan fingerprint density at radius 2 is 2.31 bits per heavy atom. The Balaban J connectivity index is 2.67. The molecule has 0 aromatic heterocycles. The molecule has 0 fully saturated rings. The predicted octanol–water partition coefficient (Wildman–Crippen LogP) is 4.38. The lowest BCUT2D eigenvalue weighted by Gasteiger charge is -2.11. The minimum absolute atomic E-state index is 0.361. The Morgan fingerprint density at radius 3 is 2.94 bits per heavy atom. The van der Waals surface area contributed by atoms with Crippen molar-refractivity contribution in [2.45, 2.75) is 17.9 Å². The van der Waals surface area contributed by atoms with Gasteiger partial charge in [-0.15, -0.1) is 11.8 Å². The Kier molecular flexibility index (Phi) is 6.29. The molecule has 0 radical (unpaired) electrons. The molecule has 1 rings (SSSR count). The molecule has 1 N–H and O–H groups in total. The van der Waals surface area contributed by atoms with Crippen LogP contribution in [0.15, 0.2) is 39.7 Å². The topological polar surface area (TPSA) is 12.0 Å². The zero-order valence-electron chi connectivity index (χ0n) is 9.34. The van der Waals surface area contributed by atoms with Crippen molar-refractivity contribution in [3.63, 3.8) is 0 Å². The third kappa shape index (κ3) is 4.38. The minimum atomic E-state index is 0.361. The number of nitrogens with one attached hydrogen (secondary N) is 1.